The summed E-state index contributed by atoms with van der Waals surface area (Å²) in [7, 11) is 0. The van der Waals surface area contributed by atoms with Gasteiger partial charge in [-0.3, -0.25) is 0 Å². The van der Waals surface area contributed by atoms with Gasteiger partial charge in [0.15, 0.2) is 0 Å². The van der Waals surface area contributed by atoms with Crippen LogP contribution in [0.4, 0.5) is 8.78 Å². The molecular weight excluding hydrogens is 255 g/mol. The highest BCUT2D eigenvalue weighted by molar-refractivity contribution is 6.36. The molecule has 0 atom stereocenters. The smallest absolute Gasteiger partial charge is 0.288 e. The molecule has 0 aliphatic rings. The van der Waals surface area contributed by atoms with Crippen LogP contribution in [-0.4, -0.2) is 13.1 Å². The van der Waals surface area contributed by atoms with Gasteiger partial charge in [0.2, 0.25) is 0 Å². The fraction of sp³-hybridized carbons (Fsp3) is 0.455. The molecule has 1 nitrogen and oxygen atoms in total. The maximum atomic E-state index is 13.8. The van der Waals surface area contributed by atoms with Crippen LogP contribution < -0.4 is 5.32 Å². The highest BCUT2D eigenvalue weighted by Gasteiger charge is 2.35. The van der Waals surface area contributed by atoms with Crippen molar-refractivity contribution in [2.45, 2.75) is 19.3 Å². The van der Waals surface area contributed by atoms with E-state index in [1.165, 1.54) is 12.1 Å². The van der Waals surface area contributed by atoms with Crippen molar-refractivity contribution in [3.8, 4) is 0 Å². The van der Waals surface area contributed by atoms with Gasteiger partial charge in [-0.05, 0) is 25.1 Å². The van der Waals surface area contributed by atoms with Crippen LogP contribution in [0, 0.1) is 0 Å². The van der Waals surface area contributed by atoms with E-state index in [2.05, 4.69) is 5.32 Å². The first-order valence-electron chi connectivity index (χ1n) is 5.02. The van der Waals surface area contributed by atoms with Crippen molar-refractivity contribution >= 4 is 23.2 Å². The van der Waals surface area contributed by atoms with E-state index in [1.807, 2.05) is 6.92 Å². The maximum Gasteiger partial charge on any atom is 0.288 e. The molecule has 0 radical (unpaired) electrons. The zero-order valence-corrected chi connectivity index (χ0v) is 10.4. The van der Waals surface area contributed by atoms with Gasteiger partial charge in [0.1, 0.15) is 0 Å². The fourth-order valence-corrected chi connectivity index (χ4v) is 2.03. The topological polar surface area (TPSA) is 12.0 Å². The number of benzene rings is 1. The molecular formula is C11H13Cl2F2N. The third kappa shape index (κ3) is 3.30. The molecule has 90 valence electrons. The molecule has 0 bridgehead atoms. The third-order valence-electron chi connectivity index (χ3n) is 2.10. The summed E-state index contributed by atoms with van der Waals surface area (Å²) in [6, 6.07) is 4.37. The van der Waals surface area contributed by atoms with Gasteiger partial charge in [-0.1, -0.05) is 36.2 Å². The van der Waals surface area contributed by atoms with E-state index in [9.17, 15) is 8.78 Å². The predicted octanol–water partition coefficient (Wildman–Crippen LogP) is 4.08. The molecule has 0 saturated heterocycles. The average Bonchev–Trinajstić information content (AvgIpc) is 2.17. The molecule has 0 fully saturated rings. The molecule has 5 heteroatoms. The normalized spacial score (nSPS) is 11.8. The van der Waals surface area contributed by atoms with Crippen molar-refractivity contribution in [2.75, 3.05) is 13.1 Å². The molecule has 1 aromatic carbocycles. The molecule has 0 heterocycles. The van der Waals surface area contributed by atoms with E-state index in [0.717, 1.165) is 6.42 Å². The molecule has 0 saturated carbocycles. The molecule has 0 amide bonds. The zero-order valence-electron chi connectivity index (χ0n) is 8.87. The van der Waals surface area contributed by atoms with Gasteiger partial charge in [-0.2, -0.15) is 8.78 Å². The lowest BCUT2D eigenvalue weighted by molar-refractivity contribution is -0.00268. The molecule has 16 heavy (non-hydrogen) atoms. The Morgan fingerprint density at radius 3 is 2.31 bits per heavy atom. The zero-order chi connectivity index (χ0) is 12.2. The Morgan fingerprint density at radius 2 is 1.81 bits per heavy atom. The summed E-state index contributed by atoms with van der Waals surface area (Å²) in [6.07, 6.45) is 0.798. The van der Waals surface area contributed by atoms with Crippen molar-refractivity contribution in [3.63, 3.8) is 0 Å². The first kappa shape index (κ1) is 13.7. The van der Waals surface area contributed by atoms with Crippen LogP contribution in [0.25, 0.3) is 0 Å². The Hall–Kier alpha value is -0.380. The number of hydrogen-bond acceptors (Lipinski definition) is 1. The second-order valence-corrected chi connectivity index (χ2v) is 4.29. The number of halogens is 4. The van der Waals surface area contributed by atoms with Crippen LogP contribution in [0.1, 0.15) is 18.9 Å². The second kappa shape index (κ2) is 5.80. The Labute approximate surface area is 104 Å². The predicted molar refractivity (Wildman–Crippen MR) is 63.5 cm³/mol. The van der Waals surface area contributed by atoms with Crippen molar-refractivity contribution in [2.24, 2.45) is 0 Å². The second-order valence-electron chi connectivity index (χ2n) is 3.48. The van der Waals surface area contributed by atoms with E-state index < -0.39 is 12.5 Å². The number of hydrogen-bond donors (Lipinski definition) is 1. The fourth-order valence-electron chi connectivity index (χ4n) is 1.36. The third-order valence-corrected chi connectivity index (χ3v) is 2.73. The standard InChI is InChI=1S/C11H13Cl2F2N/c1-2-6-16-7-11(14,15)10-8(12)4-3-5-9(10)13/h3-5,16H,2,6-7H2,1H3. The van der Waals surface area contributed by atoms with Crippen LogP contribution in [0.3, 0.4) is 0 Å². The monoisotopic (exact) mass is 267 g/mol. The summed E-state index contributed by atoms with van der Waals surface area (Å²) in [5.41, 5.74) is -0.304. The summed E-state index contributed by atoms with van der Waals surface area (Å²) in [5, 5.41) is 2.65. The lowest BCUT2D eigenvalue weighted by Gasteiger charge is -2.19. The van der Waals surface area contributed by atoms with Crippen molar-refractivity contribution in [1.29, 1.82) is 0 Å². The Bertz CT molecular complexity index is 336. The molecule has 1 N–H and O–H groups in total. The van der Waals surface area contributed by atoms with E-state index >= 15 is 0 Å². The highest BCUT2D eigenvalue weighted by Crippen LogP contribution is 2.37. The minimum atomic E-state index is -3.05. The quantitative estimate of drug-likeness (QED) is 0.793. The van der Waals surface area contributed by atoms with Crippen molar-refractivity contribution in [3.05, 3.63) is 33.8 Å². The van der Waals surface area contributed by atoms with Gasteiger partial charge >= 0.3 is 0 Å². The van der Waals surface area contributed by atoms with E-state index in [1.54, 1.807) is 6.07 Å². The molecule has 0 aromatic heterocycles. The molecule has 1 aromatic rings. The lowest BCUT2D eigenvalue weighted by atomic mass is 10.1. The van der Waals surface area contributed by atoms with Gasteiger partial charge in [-0.15, -0.1) is 0 Å². The molecule has 0 unspecified atom stereocenters. The first-order chi connectivity index (χ1) is 7.49. The number of rotatable bonds is 5. The summed E-state index contributed by atoms with van der Waals surface area (Å²) in [6.45, 7) is 2.00. The van der Waals surface area contributed by atoms with Crippen LogP contribution in [-0.2, 0) is 5.92 Å². The van der Waals surface area contributed by atoms with Crippen molar-refractivity contribution < 1.29 is 8.78 Å². The molecule has 0 aliphatic heterocycles. The molecule has 1 rings (SSSR count). The number of alkyl halides is 2. The van der Waals surface area contributed by atoms with E-state index in [-0.39, 0.29) is 15.6 Å². The SMILES string of the molecule is CCCNCC(F)(F)c1c(Cl)cccc1Cl. The summed E-state index contributed by atoms with van der Waals surface area (Å²) >= 11 is 11.5. The van der Waals surface area contributed by atoms with E-state index in [0.29, 0.717) is 6.54 Å². The van der Waals surface area contributed by atoms with Crippen LogP contribution in [0.15, 0.2) is 18.2 Å². The van der Waals surface area contributed by atoms with Crippen LogP contribution in [0.2, 0.25) is 10.0 Å². The molecule has 0 aliphatic carbocycles. The highest BCUT2D eigenvalue weighted by atomic mass is 35.5. The van der Waals surface area contributed by atoms with E-state index in [4.69, 9.17) is 23.2 Å². The molecule has 0 spiro atoms. The summed E-state index contributed by atoms with van der Waals surface area (Å²) < 4.78 is 27.5. The van der Waals surface area contributed by atoms with Gasteiger partial charge < -0.3 is 5.32 Å². The summed E-state index contributed by atoms with van der Waals surface area (Å²) in [4.78, 5) is 0. The van der Waals surface area contributed by atoms with Gasteiger partial charge in [0, 0.05) is 0 Å². The van der Waals surface area contributed by atoms with Gasteiger partial charge in [0.05, 0.1) is 22.2 Å². The first-order valence-corrected chi connectivity index (χ1v) is 5.77. The number of nitrogens with one attached hydrogen (secondary N) is 1. The van der Waals surface area contributed by atoms with Gasteiger partial charge in [0.25, 0.3) is 5.92 Å². The Morgan fingerprint density at radius 1 is 1.25 bits per heavy atom. The minimum absolute atomic E-state index is 0.00389. The Balaban J connectivity index is 2.88. The average molecular weight is 268 g/mol. The Kier molecular flexibility index (Phi) is 4.96. The largest absolute Gasteiger partial charge is 0.311 e. The maximum absolute atomic E-state index is 13.8. The summed E-state index contributed by atoms with van der Waals surface area (Å²) in [5.74, 6) is -3.05. The minimum Gasteiger partial charge on any atom is -0.311 e. The van der Waals surface area contributed by atoms with Crippen LogP contribution in [0.5, 0.6) is 0 Å². The van der Waals surface area contributed by atoms with Crippen LogP contribution >= 0.6 is 23.2 Å². The van der Waals surface area contributed by atoms with Gasteiger partial charge in [-0.25, -0.2) is 0 Å². The van der Waals surface area contributed by atoms with Crippen molar-refractivity contribution in [1.82, 2.24) is 5.32 Å². The lowest BCUT2D eigenvalue weighted by Crippen LogP contribution is -2.31.